The minimum atomic E-state index is 0.363. The van der Waals surface area contributed by atoms with E-state index in [4.69, 9.17) is 60.6 Å². The highest BCUT2D eigenvalue weighted by molar-refractivity contribution is 6.18. The minimum Gasteiger partial charge on any atom is -0.490 e. The van der Waals surface area contributed by atoms with Gasteiger partial charge in [0.15, 0.2) is 0 Å². The topological polar surface area (TPSA) is 27.7 Å². The maximum atomic E-state index is 6.11. The normalized spacial score (nSPS) is 11.2. The van der Waals surface area contributed by atoms with Crippen LogP contribution in [0.1, 0.15) is 53.1 Å². The fourth-order valence-corrected chi connectivity index (χ4v) is 4.36. The number of benzene rings is 3. The van der Waals surface area contributed by atoms with Crippen LogP contribution in [0.15, 0.2) is 66.7 Å². The molecule has 0 radical (unpaired) electrons. The van der Waals surface area contributed by atoms with Crippen molar-refractivity contribution in [2.75, 3.05) is 6.61 Å². The van der Waals surface area contributed by atoms with Crippen LogP contribution in [0, 0.1) is 0 Å². The lowest BCUT2D eigenvalue weighted by molar-refractivity contribution is 0.296. The van der Waals surface area contributed by atoms with Crippen molar-refractivity contribution in [3.8, 4) is 17.2 Å². The maximum absolute atomic E-state index is 6.11. The zero-order valence-corrected chi connectivity index (χ0v) is 24.0. The van der Waals surface area contributed by atoms with Crippen molar-refractivity contribution >= 4 is 46.4 Å². The highest BCUT2D eigenvalue weighted by Gasteiger charge is 2.08. The fourth-order valence-electron chi connectivity index (χ4n) is 3.74. The summed E-state index contributed by atoms with van der Waals surface area (Å²) in [6, 6.07) is 17.7. The number of halogens is 4. The summed E-state index contributed by atoms with van der Waals surface area (Å²) in [5.41, 5.74) is 5.80. The summed E-state index contributed by atoms with van der Waals surface area (Å²) in [6.07, 6.45) is 6.32. The third-order valence-corrected chi connectivity index (χ3v) is 6.71. The van der Waals surface area contributed by atoms with Crippen molar-refractivity contribution in [3.05, 3.63) is 100 Å². The molecule has 0 unspecified atom stereocenters. The Morgan fingerprint density at radius 1 is 0.514 bits per heavy atom. The quantitative estimate of drug-likeness (QED) is 0.132. The molecule has 0 heterocycles. The largest absolute Gasteiger partial charge is 0.490 e. The first-order chi connectivity index (χ1) is 18.1. The van der Waals surface area contributed by atoms with E-state index in [0.29, 0.717) is 43.3 Å². The first-order valence-corrected chi connectivity index (χ1v) is 14.4. The SMILES string of the molecule is CCC/C=C/COc1cc(COc2cc(CCl)cc(CCl)c2)cc(COc2cc(CCl)cc(CCl)c2)c1. The maximum Gasteiger partial charge on any atom is 0.120 e. The molecule has 7 heteroatoms. The lowest BCUT2D eigenvalue weighted by Gasteiger charge is -2.14. The highest BCUT2D eigenvalue weighted by atomic mass is 35.5. The van der Waals surface area contributed by atoms with E-state index in [-0.39, 0.29) is 0 Å². The number of hydrogen-bond donors (Lipinski definition) is 0. The average molecular weight is 582 g/mol. The summed E-state index contributed by atoms with van der Waals surface area (Å²) in [7, 11) is 0. The summed E-state index contributed by atoms with van der Waals surface area (Å²) in [5, 5.41) is 0. The van der Waals surface area contributed by atoms with Gasteiger partial charge in [-0.3, -0.25) is 0 Å². The van der Waals surface area contributed by atoms with Crippen LogP contribution >= 0.6 is 46.4 Å². The summed E-state index contributed by atoms with van der Waals surface area (Å²) >= 11 is 24.2. The van der Waals surface area contributed by atoms with E-state index in [1.54, 1.807) is 0 Å². The molecule has 3 nitrogen and oxygen atoms in total. The van der Waals surface area contributed by atoms with Gasteiger partial charge in [-0.05, 0) is 82.3 Å². The second-order valence-corrected chi connectivity index (χ2v) is 9.71. The van der Waals surface area contributed by atoms with Gasteiger partial charge in [-0.15, -0.1) is 46.4 Å². The Morgan fingerprint density at radius 3 is 1.30 bits per heavy atom. The minimum absolute atomic E-state index is 0.363. The lowest BCUT2D eigenvalue weighted by atomic mass is 10.1. The molecule has 37 heavy (non-hydrogen) atoms. The first kappa shape index (κ1) is 29.5. The molecule has 0 aliphatic carbocycles. The number of alkyl halides is 4. The van der Waals surface area contributed by atoms with Crippen molar-refractivity contribution in [2.24, 2.45) is 0 Å². The van der Waals surface area contributed by atoms with E-state index in [2.05, 4.69) is 19.1 Å². The zero-order chi connectivity index (χ0) is 26.5. The molecule has 0 saturated heterocycles. The molecule has 0 saturated carbocycles. The van der Waals surface area contributed by atoms with Gasteiger partial charge in [0, 0.05) is 23.5 Å². The smallest absolute Gasteiger partial charge is 0.120 e. The van der Waals surface area contributed by atoms with Gasteiger partial charge in [-0.2, -0.15) is 0 Å². The summed E-state index contributed by atoms with van der Waals surface area (Å²) in [4.78, 5) is 0. The monoisotopic (exact) mass is 580 g/mol. The molecule has 0 atom stereocenters. The van der Waals surface area contributed by atoms with Gasteiger partial charge in [0.25, 0.3) is 0 Å². The van der Waals surface area contributed by atoms with Crippen LogP contribution in [0.25, 0.3) is 0 Å². The van der Waals surface area contributed by atoms with Gasteiger partial charge in [0.2, 0.25) is 0 Å². The molecule has 3 aromatic carbocycles. The van der Waals surface area contributed by atoms with E-state index in [9.17, 15) is 0 Å². The van der Waals surface area contributed by atoms with Crippen molar-refractivity contribution in [1.82, 2.24) is 0 Å². The van der Waals surface area contributed by atoms with E-state index >= 15 is 0 Å². The summed E-state index contributed by atoms with van der Waals surface area (Å²) < 4.78 is 18.2. The van der Waals surface area contributed by atoms with Crippen molar-refractivity contribution in [3.63, 3.8) is 0 Å². The van der Waals surface area contributed by atoms with Crippen LogP contribution in [-0.2, 0) is 36.7 Å². The van der Waals surface area contributed by atoms with Crippen LogP contribution in [0.5, 0.6) is 17.2 Å². The lowest BCUT2D eigenvalue weighted by Crippen LogP contribution is -2.03. The molecule has 0 aliphatic rings. The van der Waals surface area contributed by atoms with E-state index in [1.807, 2.05) is 54.6 Å². The Morgan fingerprint density at radius 2 is 0.892 bits per heavy atom. The Labute approximate surface area is 240 Å². The molecule has 198 valence electrons. The Bertz CT molecular complexity index is 1040. The fraction of sp³-hybridized carbons (Fsp3) is 0.333. The molecule has 0 aromatic heterocycles. The van der Waals surface area contributed by atoms with Gasteiger partial charge in [0.1, 0.15) is 37.1 Å². The van der Waals surface area contributed by atoms with Crippen LogP contribution in [0.2, 0.25) is 0 Å². The van der Waals surface area contributed by atoms with E-state index in [0.717, 1.165) is 63.5 Å². The number of unbranched alkanes of at least 4 members (excludes halogenated alkanes) is 1. The molecule has 3 rings (SSSR count). The van der Waals surface area contributed by atoms with Crippen molar-refractivity contribution < 1.29 is 14.2 Å². The van der Waals surface area contributed by atoms with Gasteiger partial charge in [0.05, 0.1) is 0 Å². The van der Waals surface area contributed by atoms with Gasteiger partial charge in [-0.1, -0.05) is 37.6 Å². The number of allylic oxidation sites excluding steroid dienone is 1. The molecule has 0 fully saturated rings. The van der Waals surface area contributed by atoms with Crippen LogP contribution in [-0.4, -0.2) is 6.61 Å². The predicted molar refractivity (Wildman–Crippen MR) is 156 cm³/mol. The second kappa shape index (κ2) is 16.0. The molecule has 3 aromatic rings. The third kappa shape index (κ3) is 9.98. The molecular formula is C30H32Cl4O3. The van der Waals surface area contributed by atoms with E-state index in [1.165, 1.54) is 0 Å². The summed E-state index contributed by atoms with van der Waals surface area (Å²) in [6.45, 7) is 3.38. The van der Waals surface area contributed by atoms with Crippen LogP contribution in [0.4, 0.5) is 0 Å². The Kier molecular flexibility index (Phi) is 12.8. The van der Waals surface area contributed by atoms with Crippen LogP contribution < -0.4 is 14.2 Å². The van der Waals surface area contributed by atoms with Gasteiger partial charge in [-0.25, -0.2) is 0 Å². The first-order valence-electron chi connectivity index (χ1n) is 12.2. The molecular weight excluding hydrogens is 550 g/mol. The van der Waals surface area contributed by atoms with E-state index < -0.39 is 0 Å². The predicted octanol–water partition coefficient (Wildman–Crippen LogP) is 9.53. The average Bonchev–Trinajstić information content (AvgIpc) is 2.94. The van der Waals surface area contributed by atoms with Gasteiger partial charge >= 0.3 is 0 Å². The number of hydrogen-bond acceptors (Lipinski definition) is 3. The number of rotatable bonds is 15. The van der Waals surface area contributed by atoms with Crippen molar-refractivity contribution in [2.45, 2.75) is 56.5 Å². The molecule has 0 spiro atoms. The number of ether oxygens (including phenoxy) is 3. The van der Waals surface area contributed by atoms with Crippen molar-refractivity contribution in [1.29, 1.82) is 0 Å². The summed E-state index contributed by atoms with van der Waals surface area (Å²) in [5.74, 6) is 3.80. The Hall–Kier alpha value is -2.04. The zero-order valence-electron chi connectivity index (χ0n) is 21.0. The molecule has 0 aliphatic heterocycles. The third-order valence-electron chi connectivity index (χ3n) is 5.47. The Balaban J connectivity index is 1.78. The molecule has 0 amide bonds. The highest BCUT2D eigenvalue weighted by Crippen LogP contribution is 2.25. The second-order valence-electron chi connectivity index (χ2n) is 8.64. The van der Waals surface area contributed by atoms with Crippen LogP contribution in [0.3, 0.4) is 0 Å². The standard InChI is InChI=1S/C30H32Cl4O3/c1-2-3-4-5-6-35-28-14-26(20-36-29-10-22(16-31)7-23(11-29)17-32)9-27(15-28)21-37-30-12-24(18-33)8-25(13-30)19-34/h4-5,7-15H,2-3,6,16-21H2,1H3/b5-4+. The molecule has 0 N–H and O–H groups in total. The molecule has 0 bridgehead atoms. The van der Waals surface area contributed by atoms with Gasteiger partial charge < -0.3 is 14.2 Å².